The standard InChI is InChI=1S/C20H26N2O2/c1-14-6-5-7-18(12-14)13-22-17(4)15(2)16(3)19(22)20(23)21-8-10-24-11-9-21/h5-7,12H,8-11,13H2,1-4H3. The van der Waals surface area contributed by atoms with Crippen LogP contribution in [0.2, 0.25) is 0 Å². The summed E-state index contributed by atoms with van der Waals surface area (Å²) in [6.07, 6.45) is 0. The molecule has 2 aromatic rings. The highest BCUT2D eigenvalue weighted by Crippen LogP contribution is 2.24. The Kier molecular flexibility index (Phi) is 4.76. The van der Waals surface area contributed by atoms with Crippen molar-refractivity contribution in [1.82, 2.24) is 9.47 Å². The molecule has 1 aromatic carbocycles. The van der Waals surface area contributed by atoms with E-state index in [0.717, 1.165) is 17.8 Å². The maximum absolute atomic E-state index is 13.1. The largest absolute Gasteiger partial charge is 0.378 e. The lowest BCUT2D eigenvalue weighted by Gasteiger charge is -2.27. The molecule has 1 aliphatic heterocycles. The Labute approximate surface area is 144 Å². The Bertz CT molecular complexity index is 755. The van der Waals surface area contributed by atoms with Crippen LogP contribution in [0.5, 0.6) is 0 Å². The van der Waals surface area contributed by atoms with Crippen molar-refractivity contribution in [1.29, 1.82) is 0 Å². The molecule has 24 heavy (non-hydrogen) atoms. The highest BCUT2D eigenvalue weighted by molar-refractivity contribution is 5.95. The van der Waals surface area contributed by atoms with Crippen molar-refractivity contribution in [3.8, 4) is 0 Å². The van der Waals surface area contributed by atoms with Gasteiger partial charge >= 0.3 is 0 Å². The predicted octanol–water partition coefficient (Wildman–Crippen LogP) is 3.24. The zero-order chi connectivity index (χ0) is 17.3. The fraction of sp³-hybridized carbons (Fsp3) is 0.450. The molecule has 0 radical (unpaired) electrons. The number of amides is 1. The Hall–Kier alpha value is -2.07. The van der Waals surface area contributed by atoms with E-state index in [0.29, 0.717) is 26.3 Å². The van der Waals surface area contributed by atoms with Gasteiger partial charge in [-0.2, -0.15) is 0 Å². The van der Waals surface area contributed by atoms with Crippen molar-refractivity contribution in [3.05, 3.63) is 57.9 Å². The molecule has 3 rings (SSSR count). The maximum Gasteiger partial charge on any atom is 0.270 e. The first kappa shape index (κ1) is 16.8. The molecule has 0 aliphatic carbocycles. The van der Waals surface area contributed by atoms with Crippen molar-refractivity contribution in [2.45, 2.75) is 34.2 Å². The van der Waals surface area contributed by atoms with Gasteiger partial charge in [0.1, 0.15) is 5.69 Å². The van der Waals surface area contributed by atoms with Gasteiger partial charge in [0.05, 0.1) is 13.2 Å². The third kappa shape index (κ3) is 3.11. The molecule has 0 bridgehead atoms. The van der Waals surface area contributed by atoms with Crippen LogP contribution in [0.1, 0.15) is 38.4 Å². The number of carbonyl (C=O) groups excluding carboxylic acids is 1. The number of aryl methyl sites for hydroxylation is 1. The van der Waals surface area contributed by atoms with Crippen molar-refractivity contribution >= 4 is 5.91 Å². The maximum atomic E-state index is 13.1. The number of carbonyl (C=O) groups is 1. The molecule has 1 saturated heterocycles. The minimum Gasteiger partial charge on any atom is -0.378 e. The van der Waals surface area contributed by atoms with Gasteiger partial charge in [-0.05, 0) is 44.4 Å². The minimum atomic E-state index is 0.125. The summed E-state index contributed by atoms with van der Waals surface area (Å²) < 4.78 is 7.56. The van der Waals surface area contributed by atoms with Gasteiger partial charge in [0.15, 0.2) is 0 Å². The molecule has 1 fully saturated rings. The summed E-state index contributed by atoms with van der Waals surface area (Å²) in [4.78, 5) is 15.0. The van der Waals surface area contributed by atoms with Crippen molar-refractivity contribution in [3.63, 3.8) is 0 Å². The smallest absolute Gasteiger partial charge is 0.270 e. The Morgan fingerprint density at radius 3 is 2.46 bits per heavy atom. The number of hydrogen-bond donors (Lipinski definition) is 0. The fourth-order valence-electron chi connectivity index (χ4n) is 3.40. The van der Waals surface area contributed by atoms with Gasteiger partial charge in [-0.15, -0.1) is 0 Å². The summed E-state index contributed by atoms with van der Waals surface area (Å²) in [6, 6.07) is 8.49. The summed E-state index contributed by atoms with van der Waals surface area (Å²) in [5, 5.41) is 0. The number of ether oxygens (including phenoxy) is 1. The monoisotopic (exact) mass is 326 g/mol. The van der Waals surface area contributed by atoms with Gasteiger partial charge in [0.25, 0.3) is 5.91 Å². The van der Waals surface area contributed by atoms with Gasteiger partial charge in [0, 0.05) is 25.3 Å². The van der Waals surface area contributed by atoms with Crippen LogP contribution in [0.4, 0.5) is 0 Å². The van der Waals surface area contributed by atoms with Crippen molar-refractivity contribution in [2.24, 2.45) is 0 Å². The van der Waals surface area contributed by atoms with Crippen LogP contribution < -0.4 is 0 Å². The van der Waals surface area contributed by atoms with E-state index in [1.807, 2.05) is 4.90 Å². The zero-order valence-corrected chi connectivity index (χ0v) is 15.1. The Morgan fingerprint density at radius 2 is 1.79 bits per heavy atom. The van der Waals surface area contributed by atoms with E-state index >= 15 is 0 Å². The van der Waals surface area contributed by atoms with Crippen LogP contribution >= 0.6 is 0 Å². The second kappa shape index (κ2) is 6.81. The molecule has 128 valence electrons. The van der Waals surface area contributed by atoms with E-state index < -0.39 is 0 Å². The zero-order valence-electron chi connectivity index (χ0n) is 15.1. The van der Waals surface area contributed by atoms with Gasteiger partial charge in [-0.25, -0.2) is 0 Å². The SMILES string of the molecule is Cc1cccc(Cn2c(C)c(C)c(C)c2C(=O)N2CCOCC2)c1. The first-order valence-corrected chi connectivity index (χ1v) is 8.58. The highest BCUT2D eigenvalue weighted by atomic mass is 16.5. The number of aromatic nitrogens is 1. The predicted molar refractivity (Wildman–Crippen MR) is 95.6 cm³/mol. The Morgan fingerprint density at radius 1 is 1.08 bits per heavy atom. The molecular formula is C20H26N2O2. The highest BCUT2D eigenvalue weighted by Gasteiger charge is 2.26. The van der Waals surface area contributed by atoms with E-state index in [4.69, 9.17) is 4.74 Å². The third-order valence-electron chi connectivity index (χ3n) is 5.06. The third-order valence-corrected chi connectivity index (χ3v) is 5.06. The fourth-order valence-corrected chi connectivity index (χ4v) is 3.40. The number of hydrogen-bond acceptors (Lipinski definition) is 2. The summed E-state index contributed by atoms with van der Waals surface area (Å²) in [7, 11) is 0. The van der Waals surface area contributed by atoms with Crippen molar-refractivity contribution in [2.75, 3.05) is 26.3 Å². The molecular weight excluding hydrogens is 300 g/mol. The summed E-state index contributed by atoms with van der Waals surface area (Å²) >= 11 is 0. The normalized spacial score (nSPS) is 14.9. The van der Waals surface area contributed by atoms with Crippen LogP contribution in [0.3, 0.4) is 0 Å². The molecule has 0 atom stereocenters. The summed E-state index contributed by atoms with van der Waals surface area (Å²) in [6.45, 7) is 11.7. The van der Waals surface area contributed by atoms with E-state index in [9.17, 15) is 4.79 Å². The van der Waals surface area contributed by atoms with Crippen LogP contribution in [0.15, 0.2) is 24.3 Å². The molecule has 1 amide bonds. The number of rotatable bonds is 3. The number of nitrogens with zero attached hydrogens (tertiary/aromatic N) is 2. The van der Waals surface area contributed by atoms with Gasteiger partial charge < -0.3 is 14.2 Å². The van der Waals surface area contributed by atoms with E-state index in [2.05, 4.69) is 56.5 Å². The summed E-state index contributed by atoms with van der Waals surface area (Å²) in [5.41, 5.74) is 6.77. The number of morpholine rings is 1. The average molecular weight is 326 g/mol. The van der Waals surface area contributed by atoms with Gasteiger partial charge in [0.2, 0.25) is 0 Å². The Balaban J connectivity index is 1.99. The minimum absolute atomic E-state index is 0.125. The lowest BCUT2D eigenvalue weighted by Crippen LogP contribution is -2.41. The lowest BCUT2D eigenvalue weighted by molar-refractivity contribution is 0.0295. The van der Waals surface area contributed by atoms with E-state index in [1.54, 1.807) is 0 Å². The topological polar surface area (TPSA) is 34.5 Å². The lowest BCUT2D eigenvalue weighted by atomic mass is 10.1. The van der Waals surface area contributed by atoms with Crippen LogP contribution in [0.25, 0.3) is 0 Å². The molecule has 0 unspecified atom stereocenters. The first-order valence-electron chi connectivity index (χ1n) is 8.58. The average Bonchev–Trinajstić information content (AvgIpc) is 2.79. The molecule has 0 spiro atoms. The molecule has 4 nitrogen and oxygen atoms in total. The van der Waals surface area contributed by atoms with Crippen molar-refractivity contribution < 1.29 is 9.53 Å². The molecule has 1 aliphatic rings. The number of benzene rings is 1. The quantitative estimate of drug-likeness (QED) is 0.868. The first-order chi connectivity index (χ1) is 11.5. The van der Waals surface area contributed by atoms with Crippen LogP contribution in [-0.2, 0) is 11.3 Å². The second-order valence-corrected chi connectivity index (χ2v) is 6.66. The van der Waals surface area contributed by atoms with Crippen LogP contribution in [-0.4, -0.2) is 41.7 Å². The molecule has 4 heteroatoms. The van der Waals surface area contributed by atoms with E-state index in [-0.39, 0.29) is 5.91 Å². The van der Waals surface area contributed by atoms with Gasteiger partial charge in [-0.1, -0.05) is 29.8 Å². The molecule has 1 aromatic heterocycles. The second-order valence-electron chi connectivity index (χ2n) is 6.66. The molecule has 2 heterocycles. The van der Waals surface area contributed by atoms with Gasteiger partial charge in [-0.3, -0.25) is 4.79 Å². The van der Waals surface area contributed by atoms with Crippen LogP contribution in [0, 0.1) is 27.7 Å². The summed E-state index contributed by atoms with van der Waals surface area (Å²) in [5.74, 6) is 0.125. The van der Waals surface area contributed by atoms with E-state index in [1.165, 1.54) is 22.4 Å². The molecule has 0 N–H and O–H groups in total. The molecule has 0 saturated carbocycles.